The highest BCUT2D eigenvalue weighted by Crippen LogP contribution is 2.26. The second kappa shape index (κ2) is 9.51. The zero-order valence-corrected chi connectivity index (χ0v) is 16.1. The van der Waals surface area contributed by atoms with Gasteiger partial charge in [0.1, 0.15) is 17.4 Å². The van der Waals surface area contributed by atoms with Crippen LogP contribution in [0.2, 0.25) is 0 Å². The number of aryl methyl sites for hydroxylation is 2. The molecule has 0 aliphatic heterocycles. The first-order valence-electron chi connectivity index (χ1n) is 8.98. The standard InChI is InChI=1S/C22H22FNO2S/c1-16-21(24-22(26-16)19-12-5-6-13-20(19)23)15-27-14-18(25)11-7-10-17-8-3-2-4-9-17/h2-6,8-9,12-13H,7,10-11,14-15H2,1H3. The van der Waals surface area contributed by atoms with Crippen molar-refractivity contribution >= 4 is 17.5 Å². The molecule has 5 heteroatoms. The van der Waals surface area contributed by atoms with Gasteiger partial charge in [0.15, 0.2) is 0 Å². The Hall–Kier alpha value is -2.40. The quantitative estimate of drug-likeness (QED) is 0.481. The van der Waals surface area contributed by atoms with Crippen molar-refractivity contribution < 1.29 is 13.6 Å². The number of oxazole rings is 1. The number of rotatable bonds is 9. The Morgan fingerprint density at radius 3 is 2.63 bits per heavy atom. The highest BCUT2D eigenvalue weighted by atomic mass is 32.2. The highest BCUT2D eigenvalue weighted by Gasteiger charge is 2.15. The molecule has 140 valence electrons. The number of carbonyl (C=O) groups is 1. The normalized spacial score (nSPS) is 10.9. The molecule has 0 spiro atoms. The fourth-order valence-corrected chi connectivity index (χ4v) is 3.72. The third-order valence-corrected chi connectivity index (χ3v) is 5.27. The van der Waals surface area contributed by atoms with Crippen LogP contribution in [0.1, 0.15) is 29.9 Å². The molecule has 1 aromatic heterocycles. The lowest BCUT2D eigenvalue weighted by Gasteiger charge is -2.02. The number of Topliss-reactive ketones (excluding diaryl/α,β-unsaturated/α-hetero) is 1. The van der Waals surface area contributed by atoms with Gasteiger partial charge in [0.05, 0.1) is 17.0 Å². The highest BCUT2D eigenvalue weighted by molar-refractivity contribution is 7.99. The van der Waals surface area contributed by atoms with E-state index in [4.69, 9.17) is 4.42 Å². The third kappa shape index (κ3) is 5.54. The van der Waals surface area contributed by atoms with Gasteiger partial charge in [0, 0.05) is 12.2 Å². The smallest absolute Gasteiger partial charge is 0.229 e. The Balaban J connectivity index is 1.45. The monoisotopic (exact) mass is 383 g/mol. The molecule has 0 N–H and O–H groups in total. The summed E-state index contributed by atoms with van der Waals surface area (Å²) < 4.78 is 19.5. The molecular weight excluding hydrogens is 361 g/mol. The van der Waals surface area contributed by atoms with Crippen LogP contribution in [0.5, 0.6) is 0 Å². The molecule has 0 amide bonds. The summed E-state index contributed by atoms with van der Waals surface area (Å²) in [4.78, 5) is 16.5. The van der Waals surface area contributed by atoms with E-state index < -0.39 is 0 Å². The lowest BCUT2D eigenvalue weighted by atomic mass is 10.1. The van der Waals surface area contributed by atoms with Crippen molar-refractivity contribution in [2.24, 2.45) is 0 Å². The van der Waals surface area contributed by atoms with Crippen molar-refractivity contribution in [3.63, 3.8) is 0 Å². The molecule has 0 atom stereocenters. The van der Waals surface area contributed by atoms with Gasteiger partial charge in [-0.05, 0) is 37.5 Å². The van der Waals surface area contributed by atoms with Crippen LogP contribution in [0.25, 0.3) is 11.5 Å². The van der Waals surface area contributed by atoms with E-state index in [2.05, 4.69) is 17.1 Å². The molecule has 0 radical (unpaired) electrons. The van der Waals surface area contributed by atoms with Gasteiger partial charge in [0.25, 0.3) is 0 Å². The van der Waals surface area contributed by atoms with Gasteiger partial charge >= 0.3 is 0 Å². The molecule has 0 saturated carbocycles. The number of ketones is 1. The summed E-state index contributed by atoms with van der Waals surface area (Å²) in [7, 11) is 0. The first-order chi connectivity index (χ1) is 13.1. The molecule has 1 heterocycles. The maximum atomic E-state index is 13.9. The minimum Gasteiger partial charge on any atom is -0.441 e. The molecular formula is C22H22FNO2S. The molecule has 3 aromatic rings. The van der Waals surface area contributed by atoms with E-state index in [1.807, 2.05) is 25.1 Å². The topological polar surface area (TPSA) is 43.1 Å². The lowest BCUT2D eigenvalue weighted by molar-refractivity contribution is -0.116. The van der Waals surface area contributed by atoms with Crippen LogP contribution >= 0.6 is 11.8 Å². The van der Waals surface area contributed by atoms with Gasteiger partial charge in [-0.3, -0.25) is 4.79 Å². The zero-order chi connectivity index (χ0) is 19.1. The van der Waals surface area contributed by atoms with Gasteiger partial charge in [-0.25, -0.2) is 9.37 Å². The number of carbonyl (C=O) groups excluding carboxylic acids is 1. The van der Waals surface area contributed by atoms with Crippen molar-refractivity contribution in [2.45, 2.75) is 31.9 Å². The molecule has 0 aliphatic carbocycles. The number of thioether (sulfide) groups is 1. The number of halogens is 1. The van der Waals surface area contributed by atoms with Crippen molar-refractivity contribution in [1.82, 2.24) is 4.98 Å². The third-order valence-electron chi connectivity index (χ3n) is 4.26. The average molecular weight is 383 g/mol. The van der Waals surface area contributed by atoms with E-state index in [0.717, 1.165) is 18.5 Å². The van der Waals surface area contributed by atoms with E-state index in [1.165, 1.54) is 23.4 Å². The first-order valence-corrected chi connectivity index (χ1v) is 10.1. The second-order valence-corrected chi connectivity index (χ2v) is 7.36. The maximum Gasteiger partial charge on any atom is 0.229 e. The molecule has 0 bridgehead atoms. The van der Waals surface area contributed by atoms with Crippen LogP contribution < -0.4 is 0 Å². The molecule has 3 nitrogen and oxygen atoms in total. The lowest BCUT2D eigenvalue weighted by Crippen LogP contribution is -2.02. The maximum absolute atomic E-state index is 13.9. The Bertz CT molecular complexity index is 892. The number of aromatic nitrogens is 1. The van der Waals surface area contributed by atoms with Crippen molar-refractivity contribution in [1.29, 1.82) is 0 Å². The molecule has 0 saturated heterocycles. The number of nitrogens with zero attached hydrogens (tertiary/aromatic N) is 1. The van der Waals surface area contributed by atoms with Gasteiger partial charge in [-0.1, -0.05) is 42.5 Å². The summed E-state index contributed by atoms with van der Waals surface area (Å²) in [6.45, 7) is 1.81. The minimum absolute atomic E-state index is 0.242. The van der Waals surface area contributed by atoms with Gasteiger partial charge in [0.2, 0.25) is 5.89 Å². The summed E-state index contributed by atoms with van der Waals surface area (Å²) in [5, 5.41) is 0. The molecule has 2 aromatic carbocycles. The Kier molecular flexibility index (Phi) is 6.82. The fourth-order valence-electron chi connectivity index (χ4n) is 2.78. The van der Waals surface area contributed by atoms with Gasteiger partial charge in [-0.15, -0.1) is 11.8 Å². The van der Waals surface area contributed by atoms with Crippen LogP contribution in [-0.4, -0.2) is 16.5 Å². The summed E-state index contributed by atoms with van der Waals surface area (Å²) in [5.41, 5.74) is 2.38. The largest absolute Gasteiger partial charge is 0.441 e. The minimum atomic E-state index is -0.355. The van der Waals surface area contributed by atoms with Crippen molar-refractivity contribution in [3.8, 4) is 11.5 Å². The number of hydrogen-bond donors (Lipinski definition) is 0. The van der Waals surface area contributed by atoms with E-state index in [0.29, 0.717) is 29.3 Å². The van der Waals surface area contributed by atoms with E-state index >= 15 is 0 Å². The average Bonchev–Trinajstić information content (AvgIpc) is 3.03. The van der Waals surface area contributed by atoms with Crippen LogP contribution in [0.15, 0.2) is 59.0 Å². The molecule has 27 heavy (non-hydrogen) atoms. The molecule has 0 aliphatic rings. The Labute approximate surface area is 163 Å². The van der Waals surface area contributed by atoms with Crippen LogP contribution in [-0.2, 0) is 17.0 Å². The number of hydrogen-bond acceptors (Lipinski definition) is 4. The summed E-state index contributed by atoms with van der Waals surface area (Å²) in [6, 6.07) is 16.6. The molecule has 0 fully saturated rings. The van der Waals surface area contributed by atoms with Crippen LogP contribution in [0, 0.1) is 12.7 Å². The summed E-state index contributed by atoms with van der Waals surface area (Å²) >= 11 is 1.52. The van der Waals surface area contributed by atoms with E-state index in [9.17, 15) is 9.18 Å². The SMILES string of the molecule is Cc1oc(-c2ccccc2F)nc1CSCC(=O)CCCc1ccccc1. The van der Waals surface area contributed by atoms with E-state index in [-0.39, 0.29) is 17.5 Å². The first kappa shape index (κ1) is 19.4. The van der Waals surface area contributed by atoms with Crippen LogP contribution in [0.3, 0.4) is 0 Å². The molecule has 0 unspecified atom stereocenters. The van der Waals surface area contributed by atoms with E-state index in [1.54, 1.807) is 18.2 Å². The predicted molar refractivity (Wildman–Crippen MR) is 107 cm³/mol. The number of benzene rings is 2. The van der Waals surface area contributed by atoms with Crippen molar-refractivity contribution in [3.05, 3.63) is 77.4 Å². The van der Waals surface area contributed by atoms with Crippen molar-refractivity contribution in [2.75, 3.05) is 5.75 Å². The molecule has 3 rings (SSSR count). The summed E-state index contributed by atoms with van der Waals surface area (Å²) in [5.74, 6) is 1.87. The second-order valence-electron chi connectivity index (χ2n) is 6.37. The van der Waals surface area contributed by atoms with Crippen LogP contribution in [0.4, 0.5) is 4.39 Å². The Morgan fingerprint density at radius 1 is 1.11 bits per heavy atom. The fraction of sp³-hybridized carbons (Fsp3) is 0.273. The zero-order valence-electron chi connectivity index (χ0n) is 15.3. The van der Waals surface area contributed by atoms with Gasteiger partial charge in [-0.2, -0.15) is 0 Å². The summed E-state index contributed by atoms with van der Waals surface area (Å²) in [6.07, 6.45) is 2.37. The Morgan fingerprint density at radius 2 is 1.85 bits per heavy atom. The predicted octanol–water partition coefficient (Wildman–Crippen LogP) is 5.61. The van der Waals surface area contributed by atoms with Gasteiger partial charge < -0.3 is 4.42 Å².